The van der Waals surface area contributed by atoms with Gasteiger partial charge in [0.25, 0.3) is 0 Å². The van der Waals surface area contributed by atoms with E-state index in [2.05, 4.69) is 26.5 Å². The number of alkyl halides is 1. The molecule has 1 aliphatic rings. The molecule has 0 atom stereocenters. The lowest BCUT2D eigenvalue weighted by molar-refractivity contribution is 0.327. The van der Waals surface area contributed by atoms with Crippen LogP contribution in [0.5, 0.6) is 5.75 Å². The van der Waals surface area contributed by atoms with E-state index in [9.17, 15) is 0 Å². The summed E-state index contributed by atoms with van der Waals surface area (Å²) in [5.41, 5.74) is 3.80. The minimum atomic E-state index is 0.772. The Kier molecular flexibility index (Phi) is 10.4. The Bertz CT molecular complexity index is 341. The van der Waals surface area contributed by atoms with Crippen LogP contribution in [0, 0.1) is 6.92 Å². The van der Waals surface area contributed by atoms with E-state index in [0.29, 0.717) is 0 Å². The molecule has 2 rings (SSSR count). The Morgan fingerprint density at radius 1 is 1.32 bits per heavy atom. The Morgan fingerprint density at radius 3 is 2.32 bits per heavy atom. The van der Waals surface area contributed by atoms with Crippen LogP contribution in [0.15, 0.2) is 30.4 Å². The topological polar surface area (TPSA) is 9.23 Å². The molecule has 0 aliphatic carbocycles. The molecule has 0 amide bonds. The van der Waals surface area contributed by atoms with Crippen molar-refractivity contribution in [2.24, 2.45) is 0 Å². The molecule has 2 heteroatoms. The van der Waals surface area contributed by atoms with E-state index in [0.717, 1.165) is 18.2 Å². The average molecular weight is 283 g/mol. The van der Waals surface area contributed by atoms with Crippen molar-refractivity contribution in [1.29, 1.82) is 0 Å². The van der Waals surface area contributed by atoms with Crippen LogP contribution in [0.3, 0.4) is 0 Å². The SMILES string of the molecule is C=C(C)C.CCCCCCl.Cc1c2cccc1OC2. The molecule has 1 aliphatic heterocycles. The van der Waals surface area contributed by atoms with Gasteiger partial charge in [0.2, 0.25) is 0 Å². The van der Waals surface area contributed by atoms with Crippen LogP contribution in [0.4, 0.5) is 0 Å². The molecule has 1 aromatic rings. The van der Waals surface area contributed by atoms with Crippen LogP contribution < -0.4 is 4.74 Å². The van der Waals surface area contributed by atoms with Crippen molar-refractivity contribution in [3.63, 3.8) is 0 Å². The molecule has 2 bridgehead atoms. The number of fused-ring (bicyclic) bond motifs is 2. The number of halogens is 1. The molecule has 0 aromatic heterocycles. The molecule has 108 valence electrons. The zero-order valence-corrected chi connectivity index (χ0v) is 13.5. The molecular weight excluding hydrogens is 256 g/mol. The van der Waals surface area contributed by atoms with Crippen LogP contribution in [-0.2, 0) is 6.61 Å². The number of hydrogen-bond acceptors (Lipinski definition) is 1. The lowest BCUT2D eigenvalue weighted by Crippen LogP contribution is -1.81. The highest BCUT2D eigenvalue weighted by Crippen LogP contribution is 2.28. The quantitative estimate of drug-likeness (QED) is 0.382. The monoisotopic (exact) mass is 282 g/mol. The number of hydrogen-bond donors (Lipinski definition) is 0. The molecular formula is C17H27ClO. The minimum absolute atomic E-state index is 0.772. The first-order valence-corrected chi connectivity index (χ1v) is 7.45. The number of allylic oxidation sites excluding steroid dienone is 1. The minimum Gasteiger partial charge on any atom is -0.489 e. The second-order valence-electron chi connectivity index (χ2n) is 4.93. The summed E-state index contributed by atoms with van der Waals surface area (Å²) in [6.45, 7) is 12.5. The predicted molar refractivity (Wildman–Crippen MR) is 86.2 cm³/mol. The van der Waals surface area contributed by atoms with E-state index in [4.69, 9.17) is 16.3 Å². The average Bonchev–Trinajstić information content (AvgIpc) is 2.58. The highest BCUT2D eigenvalue weighted by Gasteiger charge is 2.11. The van der Waals surface area contributed by atoms with Gasteiger partial charge in [-0.3, -0.25) is 0 Å². The third kappa shape index (κ3) is 8.72. The van der Waals surface area contributed by atoms with Gasteiger partial charge in [0.05, 0.1) is 0 Å². The molecule has 1 nitrogen and oxygen atoms in total. The van der Waals surface area contributed by atoms with Crippen LogP contribution >= 0.6 is 11.6 Å². The summed E-state index contributed by atoms with van der Waals surface area (Å²) >= 11 is 5.38. The fourth-order valence-corrected chi connectivity index (χ4v) is 1.66. The van der Waals surface area contributed by atoms with E-state index < -0.39 is 0 Å². The smallest absolute Gasteiger partial charge is 0.123 e. The molecule has 1 aromatic carbocycles. The van der Waals surface area contributed by atoms with Gasteiger partial charge in [0, 0.05) is 5.88 Å². The van der Waals surface area contributed by atoms with Gasteiger partial charge >= 0.3 is 0 Å². The molecule has 0 saturated heterocycles. The molecule has 1 heterocycles. The van der Waals surface area contributed by atoms with Crippen molar-refractivity contribution in [3.8, 4) is 5.75 Å². The molecule has 19 heavy (non-hydrogen) atoms. The molecule has 0 N–H and O–H groups in total. The summed E-state index contributed by atoms with van der Waals surface area (Å²) in [5, 5.41) is 0. The largest absolute Gasteiger partial charge is 0.489 e. The van der Waals surface area contributed by atoms with Crippen molar-refractivity contribution in [3.05, 3.63) is 41.5 Å². The van der Waals surface area contributed by atoms with Gasteiger partial charge in [0.1, 0.15) is 12.4 Å². The summed E-state index contributed by atoms with van der Waals surface area (Å²) in [6, 6.07) is 6.14. The van der Waals surface area contributed by atoms with E-state index in [-0.39, 0.29) is 0 Å². The molecule has 0 radical (unpaired) electrons. The van der Waals surface area contributed by atoms with Crippen LogP contribution in [0.1, 0.15) is 51.2 Å². The molecule has 0 spiro atoms. The van der Waals surface area contributed by atoms with Gasteiger partial charge in [-0.15, -0.1) is 18.2 Å². The second-order valence-corrected chi connectivity index (χ2v) is 5.31. The fourth-order valence-electron chi connectivity index (χ4n) is 1.47. The lowest BCUT2D eigenvalue weighted by atomic mass is 10.1. The van der Waals surface area contributed by atoms with Crippen molar-refractivity contribution in [1.82, 2.24) is 0 Å². The third-order valence-corrected chi connectivity index (χ3v) is 2.78. The maximum atomic E-state index is 5.38. The summed E-state index contributed by atoms with van der Waals surface area (Å²) in [5.74, 6) is 1.88. The number of rotatable bonds is 3. The number of unbranched alkanes of at least 4 members (excludes halogenated alkanes) is 2. The number of benzene rings is 1. The Labute approximate surface area is 123 Å². The van der Waals surface area contributed by atoms with E-state index >= 15 is 0 Å². The first kappa shape index (κ1) is 18.0. The van der Waals surface area contributed by atoms with Crippen LogP contribution in [0.2, 0.25) is 0 Å². The Hall–Kier alpha value is -0.950. The first-order chi connectivity index (χ1) is 9.02. The zero-order valence-electron chi connectivity index (χ0n) is 12.8. The van der Waals surface area contributed by atoms with Crippen molar-refractivity contribution in [2.45, 2.75) is 53.6 Å². The van der Waals surface area contributed by atoms with E-state index in [1.54, 1.807) is 0 Å². The van der Waals surface area contributed by atoms with Crippen molar-refractivity contribution in [2.75, 3.05) is 5.88 Å². The van der Waals surface area contributed by atoms with Crippen molar-refractivity contribution < 1.29 is 4.74 Å². The summed E-state index contributed by atoms with van der Waals surface area (Å²) < 4.78 is 5.31. The van der Waals surface area contributed by atoms with Crippen LogP contribution in [0.25, 0.3) is 0 Å². The normalized spacial score (nSPS) is 10.6. The number of ether oxygens (including phenoxy) is 1. The predicted octanol–water partition coefficient (Wildman–Crippen LogP) is 5.89. The van der Waals surface area contributed by atoms with E-state index in [1.165, 1.54) is 36.0 Å². The Morgan fingerprint density at radius 2 is 1.95 bits per heavy atom. The molecule has 0 saturated carbocycles. The highest BCUT2D eigenvalue weighted by molar-refractivity contribution is 6.17. The van der Waals surface area contributed by atoms with Gasteiger partial charge in [-0.1, -0.05) is 37.5 Å². The summed E-state index contributed by atoms with van der Waals surface area (Å²) in [4.78, 5) is 0. The highest BCUT2D eigenvalue weighted by atomic mass is 35.5. The van der Waals surface area contributed by atoms with Crippen LogP contribution in [-0.4, -0.2) is 5.88 Å². The standard InChI is InChI=1S/C8H8O.C5H11Cl.C4H8/c1-6-7-3-2-4-8(6)9-5-7;1-2-3-4-5-6;1-4(2)3/h2-4H,5H2,1H3;2-5H2,1H3;1H2,2-3H3. The molecule has 0 unspecified atom stereocenters. The van der Waals surface area contributed by atoms with Gasteiger partial charge < -0.3 is 4.74 Å². The summed E-state index contributed by atoms with van der Waals surface area (Å²) in [6.07, 6.45) is 3.73. The van der Waals surface area contributed by atoms with Gasteiger partial charge in [-0.05, 0) is 44.4 Å². The summed E-state index contributed by atoms with van der Waals surface area (Å²) in [7, 11) is 0. The van der Waals surface area contributed by atoms with Gasteiger partial charge in [-0.2, -0.15) is 0 Å². The maximum absolute atomic E-state index is 5.38. The maximum Gasteiger partial charge on any atom is 0.123 e. The second kappa shape index (κ2) is 10.9. The zero-order chi connectivity index (χ0) is 14.7. The lowest BCUT2D eigenvalue weighted by Gasteiger charge is -1.91. The third-order valence-electron chi connectivity index (χ3n) is 2.52. The van der Waals surface area contributed by atoms with Gasteiger partial charge in [-0.25, -0.2) is 0 Å². The van der Waals surface area contributed by atoms with Gasteiger partial charge in [0.15, 0.2) is 0 Å². The van der Waals surface area contributed by atoms with E-state index in [1.807, 2.05) is 26.0 Å². The van der Waals surface area contributed by atoms with Crippen molar-refractivity contribution >= 4 is 11.6 Å². The fraction of sp³-hybridized carbons (Fsp3) is 0.529. The Balaban J connectivity index is 0.000000285. The first-order valence-electron chi connectivity index (χ1n) is 6.92. The molecule has 0 fully saturated rings.